The summed E-state index contributed by atoms with van der Waals surface area (Å²) in [6.07, 6.45) is 3.73. The fraction of sp³-hybridized carbons (Fsp3) is 0.500. The Bertz CT molecular complexity index is 288. The van der Waals surface area contributed by atoms with Gasteiger partial charge in [-0.05, 0) is 18.6 Å². The van der Waals surface area contributed by atoms with Crippen molar-refractivity contribution < 1.29 is 5.11 Å². The van der Waals surface area contributed by atoms with Crippen molar-refractivity contribution in [2.24, 2.45) is 0 Å². The number of hydrogen-bond acceptors (Lipinski definition) is 3. The molecule has 3 nitrogen and oxygen atoms in total. The van der Waals surface area contributed by atoms with Gasteiger partial charge in [0.2, 0.25) is 0 Å². The van der Waals surface area contributed by atoms with Gasteiger partial charge in [-0.1, -0.05) is 0 Å². The molecule has 0 radical (unpaired) electrons. The summed E-state index contributed by atoms with van der Waals surface area (Å²) in [6, 6.07) is 4.07. The molecule has 1 N–H and O–H groups in total. The number of anilines is 1. The molecule has 1 aromatic rings. The second-order valence-corrected chi connectivity index (χ2v) is 3.28. The quantitative estimate of drug-likeness (QED) is 0.744. The van der Waals surface area contributed by atoms with Gasteiger partial charge in [0.05, 0.1) is 11.4 Å². The summed E-state index contributed by atoms with van der Waals surface area (Å²) < 4.78 is 0. The third kappa shape index (κ3) is 1.65. The number of hydrogen-bond donors (Lipinski definition) is 1. The summed E-state index contributed by atoms with van der Waals surface area (Å²) in [5, 5.41) is 8.73. The highest BCUT2D eigenvalue weighted by Gasteiger charge is 2.18. The van der Waals surface area contributed by atoms with E-state index in [0.29, 0.717) is 0 Å². The zero-order chi connectivity index (χ0) is 9.10. The molecule has 0 aromatic carbocycles. The molecule has 0 saturated carbocycles. The van der Waals surface area contributed by atoms with Crippen LogP contribution in [0, 0.1) is 0 Å². The second kappa shape index (κ2) is 3.75. The first-order valence-corrected chi connectivity index (χ1v) is 4.71. The zero-order valence-corrected chi connectivity index (χ0v) is 7.61. The van der Waals surface area contributed by atoms with E-state index in [2.05, 4.69) is 16.0 Å². The number of aromatic nitrogens is 1. The van der Waals surface area contributed by atoms with Crippen LogP contribution in [0.1, 0.15) is 12.1 Å². The molecule has 1 aliphatic rings. The first kappa shape index (κ1) is 8.51. The van der Waals surface area contributed by atoms with Crippen molar-refractivity contribution in [2.45, 2.75) is 12.8 Å². The third-order valence-electron chi connectivity index (χ3n) is 2.41. The van der Waals surface area contributed by atoms with E-state index >= 15 is 0 Å². The lowest BCUT2D eigenvalue weighted by atomic mass is 10.3. The SMILES string of the molecule is OCCCN1CCc2ncccc21. The lowest BCUT2D eigenvalue weighted by molar-refractivity contribution is 0.290. The summed E-state index contributed by atoms with van der Waals surface area (Å²) in [4.78, 5) is 6.60. The molecule has 0 fully saturated rings. The van der Waals surface area contributed by atoms with Gasteiger partial charge in [-0.25, -0.2) is 0 Å². The van der Waals surface area contributed by atoms with Gasteiger partial charge >= 0.3 is 0 Å². The Balaban J connectivity index is 2.09. The molecule has 0 amide bonds. The predicted octanol–water partition coefficient (Wildman–Crippen LogP) is 0.826. The maximum absolute atomic E-state index is 8.73. The van der Waals surface area contributed by atoms with Gasteiger partial charge in [0.15, 0.2) is 0 Å². The molecule has 0 atom stereocenters. The van der Waals surface area contributed by atoms with Crippen LogP contribution in [0.4, 0.5) is 5.69 Å². The van der Waals surface area contributed by atoms with Crippen LogP contribution in [-0.2, 0) is 6.42 Å². The summed E-state index contributed by atoms with van der Waals surface area (Å²) in [7, 11) is 0. The molecule has 0 aliphatic carbocycles. The minimum Gasteiger partial charge on any atom is -0.396 e. The molecule has 13 heavy (non-hydrogen) atoms. The number of rotatable bonds is 3. The Morgan fingerprint density at radius 3 is 3.31 bits per heavy atom. The van der Waals surface area contributed by atoms with Gasteiger partial charge in [-0.3, -0.25) is 4.98 Å². The molecule has 0 unspecified atom stereocenters. The number of pyridine rings is 1. The minimum absolute atomic E-state index is 0.270. The molecule has 0 bridgehead atoms. The van der Waals surface area contributed by atoms with Crippen molar-refractivity contribution in [1.82, 2.24) is 4.98 Å². The topological polar surface area (TPSA) is 36.4 Å². The van der Waals surface area contributed by atoms with E-state index in [0.717, 1.165) is 25.9 Å². The smallest absolute Gasteiger partial charge is 0.0654 e. The Morgan fingerprint density at radius 2 is 2.46 bits per heavy atom. The van der Waals surface area contributed by atoms with Gasteiger partial charge in [0.25, 0.3) is 0 Å². The Hall–Kier alpha value is -1.09. The van der Waals surface area contributed by atoms with Crippen molar-refractivity contribution in [1.29, 1.82) is 0 Å². The van der Waals surface area contributed by atoms with Crippen LogP contribution in [0.3, 0.4) is 0 Å². The van der Waals surface area contributed by atoms with Crippen LogP contribution < -0.4 is 4.90 Å². The normalized spacial score (nSPS) is 14.7. The highest BCUT2D eigenvalue weighted by Crippen LogP contribution is 2.25. The fourth-order valence-corrected chi connectivity index (χ4v) is 1.77. The van der Waals surface area contributed by atoms with E-state index < -0.39 is 0 Å². The number of aliphatic hydroxyl groups is 1. The zero-order valence-electron chi connectivity index (χ0n) is 7.61. The van der Waals surface area contributed by atoms with Crippen molar-refractivity contribution >= 4 is 5.69 Å². The van der Waals surface area contributed by atoms with Crippen LogP contribution >= 0.6 is 0 Å². The Morgan fingerprint density at radius 1 is 1.54 bits per heavy atom. The van der Waals surface area contributed by atoms with Crippen LogP contribution in [0.15, 0.2) is 18.3 Å². The first-order valence-electron chi connectivity index (χ1n) is 4.71. The van der Waals surface area contributed by atoms with Crippen molar-refractivity contribution in [3.8, 4) is 0 Å². The lowest BCUT2D eigenvalue weighted by Gasteiger charge is -2.17. The molecule has 3 heteroatoms. The minimum atomic E-state index is 0.270. The highest BCUT2D eigenvalue weighted by molar-refractivity contribution is 5.54. The van der Waals surface area contributed by atoms with E-state index in [1.54, 1.807) is 0 Å². The first-order chi connectivity index (χ1) is 6.42. The van der Waals surface area contributed by atoms with Gasteiger partial charge in [0.1, 0.15) is 0 Å². The predicted molar refractivity (Wildman–Crippen MR) is 51.9 cm³/mol. The average Bonchev–Trinajstić information content (AvgIpc) is 2.58. The molecule has 1 aliphatic heterocycles. The summed E-state index contributed by atoms with van der Waals surface area (Å²) in [5.74, 6) is 0. The van der Waals surface area contributed by atoms with Crippen molar-refractivity contribution in [3.63, 3.8) is 0 Å². The maximum atomic E-state index is 8.73. The molecule has 1 aromatic heterocycles. The number of fused-ring (bicyclic) bond motifs is 1. The largest absolute Gasteiger partial charge is 0.396 e. The van der Waals surface area contributed by atoms with Gasteiger partial charge in [-0.15, -0.1) is 0 Å². The van der Waals surface area contributed by atoms with Crippen molar-refractivity contribution in [2.75, 3.05) is 24.6 Å². The number of nitrogens with zero attached hydrogens (tertiary/aromatic N) is 2. The van der Waals surface area contributed by atoms with Gasteiger partial charge < -0.3 is 10.0 Å². The Labute approximate surface area is 78.0 Å². The maximum Gasteiger partial charge on any atom is 0.0654 e. The molecule has 2 rings (SSSR count). The lowest BCUT2D eigenvalue weighted by Crippen LogP contribution is -2.22. The van der Waals surface area contributed by atoms with E-state index in [4.69, 9.17) is 5.11 Å². The number of aliphatic hydroxyl groups excluding tert-OH is 1. The van der Waals surface area contributed by atoms with E-state index in [9.17, 15) is 0 Å². The Kier molecular flexibility index (Phi) is 2.45. The van der Waals surface area contributed by atoms with Crippen LogP contribution in [0.5, 0.6) is 0 Å². The third-order valence-corrected chi connectivity index (χ3v) is 2.41. The van der Waals surface area contributed by atoms with Crippen LogP contribution in [0.25, 0.3) is 0 Å². The standard InChI is InChI=1S/C10H14N2O/c13-8-2-6-12-7-4-9-10(12)3-1-5-11-9/h1,3,5,13H,2,4,6-8H2. The van der Waals surface area contributed by atoms with Crippen molar-refractivity contribution in [3.05, 3.63) is 24.0 Å². The molecular weight excluding hydrogens is 164 g/mol. The van der Waals surface area contributed by atoms with E-state index in [-0.39, 0.29) is 6.61 Å². The highest BCUT2D eigenvalue weighted by atomic mass is 16.3. The molecule has 70 valence electrons. The van der Waals surface area contributed by atoms with Crippen LogP contribution in [-0.4, -0.2) is 29.8 Å². The molecule has 0 saturated heterocycles. The molecule has 2 heterocycles. The van der Waals surface area contributed by atoms with Crippen LogP contribution in [0.2, 0.25) is 0 Å². The van der Waals surface area contributed by atoms with E-state index in [1.165, 1.54) is 11.4 Å². The van der Waals surface area contributed by atoms with Gasteiger partial charge in [-0.2, -0.15) is 0 Å². The molecule has 0 spiro atoms. The average molecular weight is 178 g/mol. The fourth-order valence-electron chi connectivity index (χ4n) is 1.77. The summed E-state index contributed by atoms with van der Waals surface area (Å²) >= 11 is 0. The summed E-state index contributed by atoms with van der Waals surface area (Å²) in [5.41, 5.74) is 2.44. The second-order valence-electron chi connectivity index (χ2n) is 3.28. The summed E-state index contributed by atoms with van der Waals surface area (Å²) in [6.45, 7) is 2.26. The monoisotopic (exact) mass is 178 g/mol. The molecular formula is C10H14N2O. The van der Waals surface area contributed by atoms with E-state index in [1.807, 2.05) is 12.3 Å². The van der Waals surface area contributed by atoms with Gasteiger partial charge in [0, 0.05) is 32.3 Å².